The molecule has 6 aromatic rings. The summed E-state index contributed by atoms with van der Waals surface area (Å²) >= 11 is 12.2. The fraction of sp³-hybridized carbons (Fsp3) is 0.0588. The van der Waals surface area contributed by atoms with E-state index >= 15 is 0 Å². The number of carboxylic acid groups (broad SMARTS) is 2. The largest absolute Gasteiger partial charge is 3.00 e. The number of rotatable bonds is 8. The Kier molecular flexibility index (Phi) is 14.9. The second-order valence-electron chi connectivity index (χ2n) is 10.4. The van der Waals surface area contributed by atoms with Gasteiger partial charge in [-0.1, -0.05) is 83.9 Å². The van der Waals surface area contributed by atoms with Crippen LogP contribution in [-0.4, -0.2) is 31.5 Å². The first-order chi connectivity index (χ1) is 24.0. The van der Waals surface area contributed by atoms with Gasteiger partial charge in [0.1, 0.15) is 0 Å². The molecule has 0 saturated heterocycles. The van der Waals surface area contributed by atoms with Gasteiger partial charge in [-0.05, 0) is 50.2 Å². The molecule has 1 radical (unpaired) electrons. The molecule has 18 heteroatoms. The van der Waals surface area contributed by atoms with Gasteiger partial charge in [-0.2, -0.15) is 0 Å². The molecule has 14 nitrogen and oxygen atoms in total. The number of carbonyl (C=O) groups excluding carboxylic acids is 2. The van der Waals surface area contributed by atoms with E-state index < -0.39 is 23.1 Å². The maximum absolute atomic E-state index is 12.6. The van der Waals surface area contributed by atoms with Crippen LogP contribution in [0.2, 0.25) is 10.0 Å². The van der Waals surface area contributed by atoms with Crippen molar-refractivity contribution < 1.29 is 66.7 Å². The SMILES string of the molecule is Cc1[nH]n(-c2ccccc2Cl)c(=O)c1N=Nc1ccccc1C(=O)[O-].Cc1[nH]n(-c2ccccc2Cl)c(=O)c1N=Nc1ccccc1C(=O)[O-].[Cr+3].[Na+]. The molecule has 0 bridgehead atoms. The summed E-state index contributed by atoms with van der Waals surface area (Å²) in [5.74, 6) is -2.73. The van der Waals surface area contributed by atoms with Crippen LogP contribution in [0.5, 0.6) is 0 Å². The first-order valence-electron chi connectivity index (χ1n) is 14.5. The summed E-state index contributed by atoms with van der Waals surface area (Å²) in [6.45, 7) is 3.32. The van der Waals surface area contributed by atoms with Crippen molar-refractivity contribution >= 4 is 57.9 Å². The first kappa shape index (κ1) is 41.6. The van der Waals surface area contributed by atoms with Gasteiger partial charge in [0, 0.05) is 11.1 Å². The van der Waals surface area contributed by atoms with Crippen molar-refractivity contribution in [2.75, 3.05) is 0 Å². The van der Waals surface area contributed by atoms with Crippen LogP contribution in [0.15, 0.2) is 127 Å². The monoisotopic (exact) mass is 785 g/mol. The van der Waals surface area contributed by atoms with E-state index in [1.54, 1.807) is 86.6 Å². The number of aryl methyl sites for hydroxylation is 2. The topological polar surface area (TPSA) is 205 Å². The average Bonchev–Trinajstić information content (AvgIpc) is 3.55. The van der Waals surface area contributed by atoms with Crippen LogP contribution >= 0.6 is 23.2 Å². The number of carboxylic acids is 2. The van der Waals surface area contributed by atoms with E-state index in [4.69, 9.17) is 23.2 Å². The molecule has 0 fully saturated rings. The summed E-state index contributed by atoms with van der Waals surface area (Å²) in [5, 5.41) is 44.4. The molecule has 0 atom stereocenters. The number of azo groups is 2. The molecule has 6 rings (SSSR count). The van der Waals surface area contributed by atoms with Crippen molar-refractivity contribution in [3.8, 4) is 11.4 Å². The van der Waals surface area contributed by atoms with Gasteiger partial charge in [-0.25, -0.2) is 9.36 Å². The third kappa shape index (κ3) is 9.33. The van der Waals surface area contributed by atoms with Crippen LogP contribution in [0.25, 0.3) is 11.4 Å². The van der Waals surface area contributed by atoms with E-state index in [1.807, 2.05) is 0 Å². The molecule has 0 saturated carbocycles. The standard InChI is InChI=1S/2C17H13ClN4O3.Cr.Na/c2*1-10-15(20-19-13-8-4-2-6-11(13)17(24)25)16(23)22(21-10)14-9-5-3-7-12(14)18;;/h2*2-9,21H,1H3,(H,24,25);;/q;;+3;+1/p-2. The number of nitrogens with one attached hydrogen (secondary N) is 2. The van der Waals surface area contributed by atoms with E-state index in [0.717, 1.165) is 0 Å². The Morgan fingerprint density at radius 2 is 0.904 bits per heavy atom. The minimum absolute atomic E-state index is 0. The van der Waals surface area contributed by atoms with E-state index in [2.05, 4.69) is 30.7 Å². The maximum Gasteiger partial charge on any atom is 3.00 e. The zero-order valence-corrected chi connectivity index (χ0v) is 32.3. The quantitative estimate of drug-likeness (QED) is 0.175. The molecule has 0 spiro atoms. The third-order valence-electron chi connectivity index (χ3n) is 7.03. The van der Waals surface area contributed by atoms with Crippen LogP contribution in [0.4, 0.5) is 22.7 Å². The Bertz CT molecular complexity index is 2250. The average molecular weight is 787 g/mol. The molecular weight excluding hydrogens is 762 g/mol. The zero-order chi connectivity index (χ0) is 35.9. The molecule has 52 heavy (non-hydrogen) atoms. The number of aromatic nitrogens is 4. The van der Waals surface area contributed by atoms with Crippen LogP contribution < -0.4 is 50.9 Å². The summed E-state index contributed by atoms with van der Waals surface area (Å²) in [6.07, 6.45) is 0. The second-order valence-corrected chi connectivity index (χ2v) is 11.2. The summed E-state index contributed by atoms with van der Waals surface area (Å²) in [6, 6.07) is 25.7. The zero-order valence-electron chi connectivity index (χ0n) is 27.5. The van der Waals surface area contributed by atoms with E-state index in [9.17, 15) is 29.4 Å². The minimum Gasteiger partial charge on any atom is -0.545 e. The molecule has 0 amide bonds. The van der Waals surface area contributed by atoms with Gasteiger partial charge in [0.25, 0.3) is 11.1 Å². The van der Waals surface area contributed by atoms with Gasteiger partial charge in [-0.3, -0.25) is 19.8 Å². The normalized spacial score (nSPS) is 10.7. The van der Waals surface area contributed by atoms with E-state index in [0.29, 0.717) is 32.8 Å². The number of benzene rings is 4. The third-order valence-corrected chi connectivity index (χ3v) is 7.67. The Balaban J connectivity index is 0.000000270. The van der Waals surface area contributed by atoms with Crippen LogP contribution in [0, 0.1) is 13.8 Å². The number of halogens is 2. The smallest absolute Gasteiger partial charge is 0.545 e. The molecular formula is C34H24Cl2CrN8NaO6+2. The Labute approximate surface area is 337 Å². The Morgan fingerprint density at radius 3 is 1.25 bits per heavy atom. The van der Waals surface area contributed by atoms with Crippen molar-refractivity contribution in [1.82, 2.24) is 19.6 Å². The van der Waals surface area contributed by atoms with Crippen LogP contribution in [-0.2, 0) is 17.4 Å². The molecule has 2 heterocycles. The summed E-state index contributed by atoms with van der Waals surface area (Å²) in [4.78, 5) is 47.3. The number of aromatic amines is 2. The van der Waals surface area contributed by atoms with Gasteiger partial charge < -0.3 is 19.8 Å². The Hall–Kier alpha value is -4.85. The number of carbonyl (C=O) groups is 2. The molecule has 0 aliphatic heterocycles. The minimum atomic E-state index is -1.37. The summed E-state index contributed by atoms with van der Waals surface area (Å²) in [5.41, 5.74) is 1.14. The molecule has 0 aliphatic carbocycles. The van der Waals surface area contributed by atoms with Gasteiger partial charge in [0.2, 0.25) is 0 Å². The van der Waals surface area contributed by atoms with Crippen LogP contribution in [0.3, 0.4) is 0 Å². The van der Waals surface area contributed by atoms with Crippen molar-refractivity contribution in [3.05, 3.63) is 150 Å². The molecule has 2 aromatic heterocycles. The number of aromatic carboxylic acids is 2. The molecule has 4 aromatic carbocycles. The van der Waals surface area contributed by atoms with Gasteiger partial charge in [0.15, 0.2) is 11.4 Å². The number of H-pyrrole nitrogens is 2. The van der Waals surface area contributed by atoms with Crippen molar-refractivity contribution in [2.24, 2.45) is 20.5 Å². The van der Waals surface area contributed by atoms with Gasteiger partial charge in [0.05, 0.1) is 56.1 Å². The fourth-order valence-electron chi connectivity index (χ4n) is 4.59. The van der Waals surface area contributed by atoms with Crippen molar-refractivity contribution in [1.29, 1.82) is 0 Å². The summed E-state index contributed by atoms with van der Waals surface area (Å²) in [7, 11) is 0. The molecule has 0 unspecified atom stereocenters. The van der Waals surface area contributed by atoms with Gasteiger partial charge in [-0.15, -0.1) is 20.5 Å². The molecule has 255 valence electrons. The second kappa shape index (κ2) is 18.6. The number of nitrogens with zero attached hydrogens (tertiary/aromatic N) is 6. The van der Waals surface area contributed by atoms with E-state index in [-0.39, 0.29) is 80.8 Å². The summed E-state index contributed by atoms with van der Waals surface area (Å²) < 4.78 is 2.52. The molecule has 0 aliphatic rings. The van der Waals surface area contributed by atoms with Crippen molar-refractivity contribution in [2.45, 2.75) is 13.8 Å². The molecule has 2 N–H and O–H groups in total. The van der Waals surface area contributed by atoms with E-state index in [1.165, 1.54) is 33.6 Å². The fourth-order valence-corrected chi connectivity index (χ4v) is 5.03. The maximum atomic E-state index is 12.6. The number of para-hydroxylation sites is 2. The predicted octanol–water partition coefficient (Wildman–Crippen LogP) is 2.81. The van der Waals surface area contributed by atoms with Crippen molar-refractivity contribution in [3.63, 3.8) is 0 Å². The Morgan fingerprint density at radius 1 is 0.577 bits per heavy atom. The van der Waals surface area contributed by atoms with Gasteiger partial charge >= 0.3 is 46.9 Å². The first-order valence-corrected chi connectivity index (χ1v) is 15.3. The number of hydrogen-bond acceptors (Lipinski definition) is 10. The van der Waals surface area contributed by atoms with Crippen LogP contribution in [0.1, 0.15) is 32.1 Å². The predicted molar refractivity (Wildman–Crippen MR) is 182 cm³/mol. The number of hydrogen-bond donors (Lipinski definition) is 2.